The van der Waals surface area contributed by atoms with Gasteiger partial charge in [0, 0.05) is 5.56 Å². The molecule has 0 saturated carbocycles. The van der Waals surface area contributed by atoms with Crippen LogP contribution in [0.25, 0.3) is 0 Å². The smallest absolute Gasteiger partial charge is 0.149 e. The molecule has 2 aromatic carbocycles. The van der Waals surface area contributed by atoms with E-state index in [1.807, 2.05) is 48.5 Å². The molecule has 0 fully saturated rings. The van der Waals surface area contributed by atoms with Gasteiger partial charge in [-0.05, 0) is 29.7 Å². The van der Waals surface area contributed by atoms with Gasteiger partial charge in [-0.3, -0.25) is 0 Å². The highest BCUT2D eigenvalue weighted by Crippen LogP contribution is 2.25. The van der Waals surface area contributed by atoms with Crippen molar-refractivity contribution in [3.63, 3.8) is 0 Å². The van der Waals surface area contributed by atoms with E-state index >= 15 is 0 Å². The van der Waals surface area contributed by atoms with Gasteiger partial charge in [-0.2, -0.15) is 0 Å². The van der Waals surface area contributed by atoms with Crippen LogP contribution in [0.4, 0.5) is 0 Å². The first-order valence-corrected chi connectivity index (χ1v) is 6.53. The number of ether oxygens (including phenoxy) is 1. The number of rotatable bonds is 3. The Labute approximate surface area is 115 Å². The van der Waals surface area contributed by atoms with Crippen molar-refractivity contribution in [2.45, 2.75) is 19.8 Å². The number of hydrogen-bond acceptors (Lipinski definition) is 1. The van der Waals surface area contributed by atoms with Gasteiger partial charge >= 0.3 is 0 Å². The van der Waals surface area contributed by atoms with Crippen LogP contribution in [0.15, 0.2) is 54.6 Å². The van der Waals surface area contributed by atoms with E-state index < -0.39 is 0 Å². The summed E-state index contributed by atoms with van der Waals surface area (Å²) in [4.78, 5) is 0. The quantitative estimate of drug-likeness (QED) is 0.740. The Morgan fingerprint density at radius 1 is 0.947 bits per heavy atom. The first kappa shape index (κ1) is 13.2. The Kier molecular flexibility index (Phi) is 4.64. The van der Waals surface area contributed by atoms with Gasteiger partial charge in [-0.25, -0.2) is 0 Å². The first-order chi connectivity index (χ1) is 9.27. The summed E-state index contributed by atoms with van der Waals surface area (Å²) >= 11 is 0. The highest BCUT2D eigenvalue weighted by Gasteiger charge is 2.05. The molecule has 0 unspecified atom stereocenters. The third-order valence-corrected chi connectivity index (χ3v) is 2.85. The van der Waals surface area contributed by atoms with Crippen LogP contribution in [0.3, 0.4) is 0 Å². The van der Waals surface area contributed by atoms with E-state index in [4.69, 9.17) is 4.74 Å². The second-order valence-corrected chi connectivity index (χ2v) is 4.65. The molecule has 0 aromatic heterocycles. The van der Waals surface area contributed by atoms with Crippen molar-refractivity contribution in [2.24, 2.45) is 0 Å². The van der Waals surface area contributed by atoms with Crippen molar-refractivity contribution >= 4 is 0 Å². The van der Waals surface area contributed by atoms with Crippen LogP contribution in [0.1, 0.15) is 30.9 Å². The normalized spacial score (nSPS) is 9.84. The molecule has 2 rings (SSSR count). The first-order valence-electron chi connectivity index (χ1n) is 6.53. The highest BCUT2D eigenvalue weighted by atomic mass is 16.5. The van der Waals surface area contributed by atoms with Crippen molar-refractivity contribution in [2.75, 3.05) is 6.61 Å². The summed E-state index contributed by atoms with van der Waals surface area (Å²) in [6.45, 7) is 4.74. The van der Waals surface area contributed by atoms with Crippen LogP contribution < -0.4 is 4.74 Å². The Bertz CT molecular complexity index is 573. The molecule has 0 saturated heterocycles. The molecule has 0 bridgehead atoms. The molecule has 96 valence electrons. The molecular weight excluding hydrogens is 232 g/mol. The SMILES string of the molecule is CC(C)c1ccccc1OCC#Cc1ccccc1. The fraction of sp³-hybridized carbons (Fsp3) is 0.222. The largest absolute Gasteiger partial charge is 0.481 e. The van der Waals surface area contributed by atoms with Gasteiger partial charge in [0.05, 0.1) is 0 Å². The zero-order valence-electron chi connectivity index (χ0n) is 11.4. The van der Waals surface area contributed by atoms with Crippen LogP contribution in [-0.2, 0) is 0 Å². The Morgan fingerprint density at radius 3 is 2.37 bits per heavy atom. The summed E-state index contributed by atoms with van der Waals surface area (Å²) in [6.07, 6.45) is 0. The molecule has 0 aliphatic rings. The molecule has 0 aliphatic carbocycles. The number of benzene rings is 2. The molecule has 0 aliphatic heterocycles. The fourth-order valence-corrected chi connectivity index (χ4v) is 1.86. The van der Waals surface area contributed by atoms with Gasteiger partial charge in [-0.1, -0.05) is 62.1 Å². The van der Waals surface area contributed by atoms with Crippen LogP contribution in [-0.4, -0.2) is 6.61 Å². The van der Waals surface area contributed by atoms with Crippen LogP contribution in [0.5, 0.6) is 5.75 Å². The lowest BCUT2D eigenvalue weighted by molar-refractivity contribution is 0.364. The van der Waals surface area contributed by atoms with Crippen LogP contribution in [0, 0.1) is 11.8 Å². The molecule has 0 heterocycles. The zero-order chi connectivity index (χ0) is 13.5. The van der Waals surface area contributed by atoms with Gasteiger partial charge in [0.1, 0.15) is 12.4 Å². The highest BCUT2D eigenvalue weighted by molar-refractivity contribution is 5.37. The molecule has 0 atom stereocenters. The lowest BCUT2D eigenvalue weighted by atomic mass is 10.0. The maximum Gasteiger partial charge on any atom is 0.149 e. The second-order valence-electron chi connectivity index (χ2n) is 4.65. The van der Waals surface area contributed by atoms with E-state index in [9.17, 15) is 0 Å². The lowest BCUT2D eigenvalue weighted by Gasteiger charge is -2.11. The minimum Gasteiger partial charge on any atom is -0.481 e. The molecule has 0 amide bonds. The average Bonchev–Trinajstić information content (AvgIpc) is 2.45. The third-order valence-electron chi connectivity index (χ3n) is 2.85. The Balaban J connectivity index is 1.99. The molecule has 0 spiro atoms. The molecule has 0 N–H and O–H groups in total. The van der Waals surface area contributed by atoms with Crippen molar-refractivity contribution in [1.29, 1.82) is 0 Å². The van der Waals surface area contributed by atoms with Gasteiger partial charge in [0.2, 0.25) is 0 Å². The third kappa shape index (κ3) is 3.89. The minimum atomic E-state index is 0.415. The summed E-state index contributed by atoms with van der Waals surface area (Å²) in [5, 5.41) is 0. The lowest BCUT2D eigenvalue weighted by Crippen LogP contribution is -1.99. The molecule has 0 radical (unpaired) electrons. The summed E-state index contributed by atoms with van der Waals surface area (Å²) in [6, 6.07) is 18.1. The molecule has 2 aromatic rings. The van der Waals surface area contributed by atoms with E-state index in [-0.39, 0.29) is 0 Å². The van der Waals surface area contributed by atoms with Crippen molar-refractivity contribution < 1.29 is 4.74 Å². The van der Waals surface area contributed by atoms with E-state index in [1.54, 1.807) is 0 Å². The van der Waals surface area contributed by atoms with Crippen LogP contribution >= 0.6 is 0 Å². The Hall–Kier alpha value is -2.20. The summed E-state index contributed by atoms with van der Waals surface area (Å²) < 4.78 is 5.75. The zero-order valence-corrected chi connectivity index (χ0v) is 11.4. The van der Waals surface area contributed by atoms with E-state index in [0.717, 1.165) is 11.3 Å². The Morgan fingerprint density at radius 2 is 1.63 bits per heavy atom. The van der Waals surface area contributed by atoms with Crippen molar-refractivity contribution in [1.82, 2.24) is 0 Å². The summed E-state index contributed by atoms with van der Waals surface area (Å²) in [5.41, 5.74) is 2.24. The summed E-state index contributed by atoms with van der Waals surface area (Å²) in [5.74, 6) is 7.52. The topological polar surface area (TPSA) is 9.23 Å². The maximum absolute atomic E-state index is 5.75. The molecule has 19 heavy (non-hydrogen) atoms. The van der Waals surface area contributed by atoms with E-state index in [2.05, 4.69) is 31.8 Å². The summed E-state index contributed by atoms with van der Waals surface area (Å²) in [7, 11) is 0. The maximum atomic E-state index is 5.75. The molecule has 1 heteroatoms. The number of hydrogen-bond donors (Lipinski definition) is 0. The second kappa shape index (κ2) is 6.66. The van der Waals surface area contributed by atoms with Crippen LogP contribution in [0.2, 0.25) is 0 Å². The fourth-order valence-electron chi connectivity index (χ4n) is 1.86. The van der Waals surface area contributed by atoms with Gasteiger partial charge in [0.25, 0.3) is 0 Å². The van der Waals surface area contributed by atoms with Crippen molar-refractivity contribution in [3.05, 3.63) is 65.7 Å². The molecule has 1 nitrogen and oxygen atoms in total. The van der Waals surface area contributed by atoms with Crippen molar-refractivity contribution in [3.8, 4) is 17.6 Å². The number of para-hydroxylation sites is 1. The average molecular weight is 250 g/mol. The van der Waals surface area contributed by atoms with Gasteiger partial charge < -0.3 is 4.74 Å². The predicted octanol–water partition coefficient (Wildman–Crippen LogP) is 4.24. The molecular formula is C18H18O. The van der Waals surface area contributed by atoms with Gasteiger partial charge in [0.15, 0.2) is 0 Å². The van der Waals surface area contributed by atoms with E-state index in [1.165, 1.54) is 5.56 Å². The van der Waals surface area contributed by atoms with E-state index in [0.29, 0.717) is 12.5 Å². The monoisotopic (exact) mass is 250 g/mol. The minimum absolute atomic E-state index is 0.415. The standard InChI is InChI=1S/C18H18O/c1-15(2)17-12-6-7-13-18(17)19-14-8-11-16-9-4-3-5-10-16/h3-7,9-10,12-13,15H,14H2,1-2H3. The van der Waals surface area contributed by atoms with Gasteiger partial charge in [-0.15, -0.1) is 0 Å². The predicted molar refractivity (Wildman–Crippen MR) is 79.3 cm³/mol.